The highest BCUT2D eigenvalue weighted by molar-refractivity contribution is 6.34. The Bertz CT molecular complexity index is 1370. The highest BCUT2D eigenvalue weighted by atomic mass is 35.5. The maximum atomic E-state index is 12.8. The number of benzene rings is 2. The van der Waals surface area contributed by atoms with Gasteiger partial charge in [0.1, 0.15) is 23.7 Å². The molecule has 0 unspecified atom stereocenters. The number of H-pyrrole nitrogens is 1. The first kappa shape index (κ1) is 21.8. The van der Waals surface area contributed by atoms with Crippen LogP contribution in [0, 0.1) is 0 Å². The minimum atomic E-state index is -0.429. The number of pyridine rings is 1. The van der Waals surface area contributed by atoms with Crippen molar-refractivity contribution >= 4 is 28.3 Å². The molecule has 170 valence electrons. The van der Waals surface area contributed by atoms with E-state index in [-0.39, 0.29) is 23.3 Å². The van der Waals surface area contributed by atoms with E-state index in [9.17, 15) is 15.0 Å². The van der Waals surface area contributed by atoms with Crippen LogP contribution >= 0.6 is 11.6 Å². The molecule has 1 saturated carbocycles. The van der Waals surface area contributed by atoms with Crippen molar-refractivity contribution in [2.24, 2.45) is 0 Å². The Balaban J connectivity index is 1.61. The number of halogens is 1. The SMILES string of the molecule is CC1=C(C)COC(c2c(O)c3cc(-c4ccc(C5(CO)CCC5)cc4)c(Cl)cc3[nH]c2=O)=C1. The molecular weight excluding hydrogens is 438 g/mol. The van der Waals surface area contributed by atoms with Gasteiger partial charge in [-0.15, -0.1) is 0 Å². The zero-order valence-electron chi connectivity index (χ0n) is 18.7. The van der Waals surface area contributed by atoms with Gasteiger partial charge < -0.3 is 19.9 Å². The second kappa shape index (κ2) is 8.08. The van der Waals surface area contributed by atoms with Crippen LogP contribution in [0.3, 0.4) is 0 Å². The maximum Gasteiger partial charge on any atom is 0.263 e. The van der Waals surface area contributed by atoms with Crippen LogP contribution in [0.1, 0.15) is 44.2 Å². The topological polar surface area (TPSA) is 82.5 Å². The van der Waals surface area contributed by atoms with Gasteiger partial charge in [0, 0.05) is 16.4 Å². The highest BCUT2D eigenvalue weighted by Gasteiger charge is 2.37. The van der Waals surface area contributed by atoms with Crippen LogP contribution in [0.2, 0.25) is 5.02 Å². The van der Waals surface area contributed by atoms with E-state index in [1.165, 1.54) is 0 Å². The van der Waals surface area contributed by atoms with Crippen molar-refractivity contribution < 1.29 is 14.9 Å². The molecule has 33 heavy (non-hydrogen) atoms. The van der Waals surface area contributed by atoms with Gasteiger partial charge in [-0.1, -0.05) is 42.3 Å². The minimum Gasteiger partial charge on any atom is -0.506 e. The van der Waals surface area contributed by atoms with E-state index in [4.69, 9.17) is 16.3 Å². The van der Waals surface area contributed by atoms with Crippen molar-refractivity contribution in [3.63, 3.8) is 0 Å². The molecule has 1 fully saturated rings. The Hall–Kier alpha value is -3.02. The van der Waals surface area contributed by atoms with Gasteiger partial charge in [0.2, 0.25) is 0 Å². The first-order valence-electron chi connectivity index (χ1n) is 11.1. The van der Waals surface area contributed by atoms with Crippen molar-refractivity contribution in [3.8, 4) is 16.9 Å². The van der Waals surface area contributed by atoms with Crippen LogP contribution in [0.4, 0.5) is 0 Å². The molecule has 3 aromatic rings. The van der Waals surface area contributed by atoms with Gasteiger partial charge in [-0.2, -0.15) is 0 Å². The number of ether oxygens (including phenoxy) is 1. The molecule has 6 heteroatoms. The summed E-state index contributed by atoms with van der Waals surface area (Å²) in [7, 11) is 0. The molecule has 5 nitrogen and oxygen atoms in total. The second-order valence-electron chi connectivity index (χ2n) is 9.19. The van der Waals surface area contributed by atoms with Crippen molar-refractivity contribution in [3.05, 3.63) is 80.1 Å². The van der Waals surface area contributed by atoms with Crippen molar-refractivity contribution in [1.82, 2.24) is 4.98 Å². The van der Waals surface area contributed by atoms with Crippen LogP contribution < -0.4 is 5.56 Å². The number of aromatic nitrogens is 1. The van der Waals surface area contributed by atoms with Crippen molar-refractivity contribution in [2.75, 3.05) is 13.2 Å². The lowest BCUT2D eigenvalue weighted by Crippen LogP contribution is -2.37. The lowest BCUT2D eigenvalue weighted by molar-refractivity contribution is 0.120. The summed E-state index contributed by atoms with van der Waals surface area (Å²) in [6.07, 6.45) is 4.90. The molecular formula is C27H26ClNO4. The Labute approximate surface area is 197 Å². The fourth-order valence-corrected chi connectivity index (χ4v) is 4.97. The summed E-state index contributed by atoms with van der Waals surface area (Å²) >= 11 is 6.58. The smallest absolute Gasteiger partial charge is 0.263 e. The standard InChI is InChI=1S/C27H26ClNO4/c1-15-10-23(33-13-16(15)2)24-25(31)20-11-19(21(28)12-22(20)29-26(24)32)17-4-6-18(7-5-17)27(14-30)8-3-9-27/h4-7,10-12,30H,3,8-9,13-14H2,1-2H3,(H2,29,31,32). The fourth-order valence-electron chi connectivity index (χ4n) is 4.70. The van der Waals surface area contributed by atoms with Crippen LogP contribution in [-0.4, -0.2) is 28.4 Å². The van der Waals surface area contributed by atoms with Crippen LogP contribution in [0.5, 0.6) is 5.75 Å². The van der Waals surface area contributed by atoms with E-state index in [0.29, 0.717) is 28.3 Å². The molecule has 0 spiro atoms. The average molecular weight is 464 g/mol. The molecule has 1 aliphatic heterocycles. The number of hydrogen-bond donors (Lipinski definition) is 3. The molecule has 3 N–H and O–H groups in total. The van der Waals surface area contributed by atoms with E-state index in [2.05, 4.69) is 4.98 Å². The first-order valence-corrected chi connectivity index (χ1v) is 11.5. The number of aromatic hydroxyl groups is 1. The van der Waals surface area contributed by atoms with Gasteiger partial charge in [0.15, 0.2) is 0 Å². The molecule has 2 heterocycles. The summed E-state index contributed by atoms with van der Waals surface area (Å²) in [6.45, 7) is 4.46. The van der Waals surface area contributed by atoms with Gasteiger partial charge in [0.05, 0.1) is 17.1 Å². The van der Waals surface area contributed by atoms with E-state index >= 15 is 0 Å². The van der Waals surface area contributed by atoms with E-state index in [1.807, 2.05) is 38.1 Å². The normalized spacial score (nSPS) is 17.5. The van der Waals surface area contributed by atoms with E-state index in [1.54, 1.807) is 18.2 Å². The first-order chi connectivity index (χ1) is 15.8. The number of rotatable bonds is 4. The average Bonchev–Trinajstić information content (AvgIpc) is 2.76. The zero-order chi connectivity index (χ0) is 23.3. The summed E-state index contributed by atoms with van der Waals surface area (Å²) in [5.41, 5.74) is 4.89. The van der Waals surface area contributed by atoms with E-state index < -0.39 is 5.56 Å². The largest absolute Gasteiger partial charge is 0.506 e. The third-order valence-electron chi connectivity index (χ3n) is 7.21. The van der Waals surface area contributed by atoms with Crippen LogP contribution in [-0.2, 0) is 10.2 Å². The Kier molecular flexibility index (Phi) is 5.34. The highest BCUT2D eigenvalue weighted by Crippen LogP contribution is 2.44. The monoisotopic (exact) mass is 463 g/mol. The molecule has 0 saturated heterocycles. The molecule has 2 aromatic carbocycles. The summed E-state index contributed by atoms with van der Waals surface area (Å²) in [5.74, 6) is 0.227. The summed E-state index contributed by atoms with van der Waals surface area (Å²) in [5, 5.41) is 21.9. The third kappa shape index (κ3) is 3.56. The van der Waals surface area contributed by atoms with E-state index in [0.717, 1.165) is 47.1 Å². The Morgan fingerprint density at radius 2 is 1.88 bits per heavy atom. The van der Waals surface area contributed by atoms with Crippen molar-refractivity contribution in [1.29, 1.82) is 0 Å². The predicted octanol–water partition coefficient (Wildman–Crippen LogP) is 5.68. The molecule has 0 bridgehead atoms. The molecule has 2 aliphatic rings. The number of hydrogen-bond acceptors (Lipinski definition) is 4. The van der Waals surface area contributed by atoms with Crippen LogP contribution in [0.15, 0.2) is 58.4 Å². The molecule has 1 aliphatic carbocycles. The van der Waals surface area contributed by atoms with Crippen LogP contribution in [0.25, 0.3) is 27.8 Å². The lowest BCUT2D eigenvalue weighted by Gasteiger charge is -2.41. The number of aliphatic hydroxyl groups is 1. The number of fused-ring (bicyclic) bond motifs is 1. The summed E-state index contributed by atoms with van der Waals surface area (Å²) in [6, 6.07) is 11.5. The fraction of sp³-hybridized carbons (Fsp3) is 0.296. The zero-order valence-corrected chi connectivity index (χ0v) is 19.4. The predicted molar refractivity (Wildman–Crippen MR) is 132 cm³/mol. The molecule has 0 radical (unpaired) electrons. The second-order valence-corrected chi connectivity index (χ2v) is 9.59. The molecule has 0 amide bonds. The molecule has 0 atom stereocenters. The van der Waals surface area contributed by atoms with Gasteiger partial charge in [-0.25, -0.2) is 0 Å². The lowest BCUT2D eigenvalue weighted by atomic mass is 9.65. The number of aliphatic hydroxyl groups excluding tert-OH is 1. The number of nitrogens with one attached hydrogen (secondary N) is 1. The third-order valence-corrected chi connectivity index (χ3v) is 7.52. The molecule has 1 aromatic heterocycles. The Morgan fingerprint density at radius 1 is 1.15 bits per heavy atom. The quantitative estimate of drug-likeness (QED) is 0.465. The van der Waals surface area contributed by atoms with Crippen molar-refractivity contribution in [2.45, 2.75) is 38.5 Å². The summed E-state index contributed by atoms with van der Waals surface area (Å²) in [4.78, 5) is 15.6. The van der Waals surface area contributed by atoms with Gasteiger partial charge in [-0.3, -0.25) is 4.79 Å². The Morgan fingerprint density at radius 3 is 2.48 bits per heavy atom. The van der Waals surface area contributed by atoms with Gasteiger partial charge >= 0.3 is 0 Å². The minimum absolute atomic E-state index is 0.118. The number of aromatic amines is 1. The summed E-state index contributed by atoms with van der Waals surface area (Å²) < 4.78 is 5.74. The van der Waals surface area contributed by atoms with Gasteiger partial charge in [0.25, 0.3) is 5.56 Å². The van der Waals surface area contributed by atoms with Gasteiger partial charge in [-0.05, 0) is 67.2 Å². The maximum absolute atomic E-state index is 12.8. The molecule has 5 rings (SSSR count). The number of allylic oxidation sites excluding steroid dienone is 2.